The van der Waals surface area contributed by atoms with Crippen LogP contribution in [0.4, 0.5) is 24.5 Å². The molecule has 3 amide bonds. The first-order chi connectivity index (χ1) is 17.6. The smallest absolute Gasteiger partial charge is 0.395 e. The Kier molecular flexibility index (Phi) is 7.80. The number of nitrogens with zero attached hydrogens (tertiary/aromatic N) is 2. The zero-order valence-corrected chi connectivity index (χ0v) is 20.8. The molecular formula is C23H22F3N5O4S2. The summed E-state index contributed by atoms with van der Waals surface area (Å²) in [7, 11) is 0. The van der Waals surface area contributed by atoms with E-state index < -0.39 is 35.5 Å². The predicted octanol–water partition coefficient (Wildman–Crippen LogP) is 3.59. The van der Waals surface area contributed by atoms with Gasteiger partial charge in [-0.05, 0) is 54.0 Å². The van der Waals surface area contributed by atoms with E-state index in [4.69, 9.17) is 16.2 Å². The molecule has 1 fully saturated rings. The van der Waals surface area contributed by atoms with Gasteiger partial charge in [-0.1, -0.05) is 12.1 Å². The molecule has 1 aliphatic heterocycles. The lowest BCUT2D eigenvalue weighted by Gasteiger charge is -2.31. The van der Waals surface area contributed by atoms with Gasteiger partial charge in [-0.2, -0.15) is 17.5 Å². The van der Waals surface area contributed by atoms with Crippen LogP contribution in [0.15, 0.2) is 41.8 Å². The highest BCUT2D eigenvalue weighted by atomic mass is 32.1. The zero-order chi connectivity index (χ0) is 26.7. The van der Waals surface area contributed by atoms with E-state index in [1.165, 1.54) is 6.07 Å². The van der Waals surface area contributed by atoms with Gasteiger partial charge in [0, 0.05) is 23.7 Å². The average Bonchev–Trinajstić information content (AvgIpc) is 3.62. The topological polar surface area (TPSA) is 141 Å². The summed E-state index contributed by atoms with van der Waals surface area (Å²) in [5, 5.41) is 4.44. The van der Waals surface area contributed by atoms with Crippen LogP contribution in [0.3, 0.4) is 0 Å². The van der Waals surface area contributed by atoms with Gasteiger partial charge in [0.25, 0.3) is 11.8 Å². The van der Waals surface area contributed by atoms with Gasteiger partial charge >= 0.3 is 6.18 Å². The molecule has 1 aliphatic rings. The summed E-state index contributed by atoms with van der Waals surface area (Å²) in [4.78, 5) is 40.1. The number of aromatic nitrogens is 1. The predicted molar refractivity (Wildman–Crippen MR) is 132 cm³/mol. The Morgan fingerprint density at radius 1 is 1.24 bits per heavy atom. The lowest BCUT2D eigenvalue weighted by molar-refractivity contribution is -0.137. The lowest BCUT2D eigenvalue weighted by Crippen LogP contribution is -2.45. The Balaban J connectivity index is 1.81. The molecule has 2 atom stereocenters. The van der Waals surface area contributed by atoms with E-state index in [9.17, 15) is 27.6 Å². The Morgan fingerprint density at radius 2 is 2.03 bits per heavy atom. The summed E-state index contributed by atoms with van der Waals surface area (Å²) in [5.74, 6) is -2.50. The number of nitrogen functional groups attached to an aromatic ring is 1. The first-order valence-corrected chi connectivity index (χ1v) is 12.7. The minimum Gasteiger partial charge on any atom is -0.395 e. The SMILES string of the molecule is NC(=O)c1nsc(C(=O)N(c2cccc(C(F)(F)F)c2)C(C(=O)NCC2CCCO2)c2cccs2)c1N. The number of primary amides is 1. The van der Waals surface area contributed by atoms with Gasteiger partial charge in [-0.25, -0.2) is 0 Å². The van der Waals surface area contributed by atoms with E-state index in [1.807, 2.05) is 0 Å². The second-order valence-electron chi connectivity index (χ2n) is 8.16. The summed E-state index contributed by atoms with van der Waals surface area (Å²) in [6.07, 6.45) is -3.32. The van der Waals surface area contributed by atoms with Crippen LogP contribution in [0.2, 0.25) is 0 Å². The van der Waals surface area contributed by atoms with E-state index in [0.29, 0.717) is 23.0 Å². The summed E-state index contributed by atoms with van der Waals surface area (Å²) >= 11 is 1.72. The zero-order valence-electron chi connectivity index (χ0n) is 19.2. The van der Waals surface area contributed by atoms with Crippen molar-refractivity contribution in [2.45, 2.75) is 31.2 Å². The molecule has 2 aromatic heterocycles. The Labute approximate surface area is 217 Å². The number of ether oxygens (including phenoxy) is 1. The molecule has 4 rings (SSSR count). The van der Waals surface area contributed by atoms with Crippen LogP contribution in [0.5, 0.6) is 0 Å². The maximum Gasteiger partial charge on any atom is 0.416 e. The number of carbonyl (C=O) groups excluding carboxylic acids is 3. The van der Waals surface area contributed by atoms with Crippen LogP contribution in [0.1, 0.15) is 49.5 Å². The molecule has 37 heavy (non-hydrogen) atoms. The van der Waals surface area contributed by atoms with Crippen LogP contribution in [0.25, 0.3) is 0 Å². The number of alkyl halides is 3. The number of thiophene rings is 1. The van der Waals surface area contributed by atoms with Crippen molar-refractivity contribution in [1.29, 1.82) is 0 Å². The molecule has 5 N–H and O–H groups in total. The molecule has 0 aliphatic carbocycles. The number of amides is 3. The highest BCUT2D eigenvalue weighted by molar-refractivity contribution is 7.10. The van der Waals surface area contributed by atoms with Crippen molar-refractivity contribution >= 4 is 52.0 Å². The standard InChI is InChI=1S/C23H22F3N5O4S2/c24-23(25,26)12-4-1-5-13(10-12)31(22(34)19-16(27)17(20(28)32)30-37-19)18(15-7-3-9-36-15)21(33)29-11-14-6-2-8-35-14/h1,3-5,7,9-10,14,18H,2,6,8,11,27H2,(H2,28,32)(H,29,33). The first kappa shape index (κ1) is 26.6. The average molecular weight is 554 g/mol. The van der Waals surface area contributed by atoms with Crippen molar-refractivity contribution < 1.29 is 32.3 Å². The number of halogens is 3. The summed E-state index contributed by atoms with van der Waals surface area (Å²) in [6.45, 7) is 0.733. The van der Waals surface area contributed by atoms with Gasteiger partial charge in [0.1, 0.15) is 4.88 Å². The fourth-order valence-corrected chi connectivity index (χ4v) is 5.45. The number of nitrogens with one attached hydrogen (secondary N) is 1. The van der Waals surface area contributed by atoms with Crippen molar-refractivity contribution in [2.75, 3.05) is 23.8 Å². The van der Waals surface area contributed by atoms with Crippen LogP contribution in [-0.2, 0) is 15.7 Å². The van der Waals surface area contributed by atoms with Gasteiger partial charge in [-0.15, -0.1) is 11.3 Å². The van der Waals surface area contributed by atoms with E-state index in [-0.39, 0.29) is 34.6 Å². The van der Waals surface area contributed by atoms with Crippen molar-refractivity contribution in [2.24, 2.45) is 5.73 Å². The largest absolute Gasteiger partial charge is 0.416 e. The number of nitrogens with two attached hydrogens (primary N) is 2. The van der Waals surface area contributed by atoms with Crippen molar-refractivity contribution in [3.05, 3.63) is 62.8 Å². The highest BCUT2D eigenvalue weighted by Gasteiger charge is 2.38. The quantitative estimate of drug-likeness (QED) is 0.389. The molecule has 14 heteroatoms. The number of anilines is 2. The molecule has 196 valence electrons. The van der Waals surface area contributed by atoms with Crippen LogP contribution in [-0.4, -0.2) is 41.4 Å². The van der Waals surface area contributed by atoms with Crippen LogP contribution >= 0.6 is 22.9 Å². The first-order valence-electron chi connectivity index (χ1n) is 11.1. The molecule has 9 nitrogen and oxygen atoms in total. The molecule has 1 aromatic carbocycles. The van der Waals surface area contributed by atoms with E-state index >= 15 is 0 Å². The molecule has 2 unspecified atom stereocenters. The summed E-state index contributed by atoms with van der Waals surface area (Å²) in [6, 6.07) is 5.96. The Hall–Kier alpha value is -3.49. The molecular weight excluding hydrogens is 531 g/mol. The minimum absolute atomic E-state index is 0.167. The fraction of sp³-hybridized carbons (Fsp3) is 0.304. The molecule has 0 saturated carbocycles. The second kappa shape index (κ2) is 10.9. The second-order valence-corrected chi connectivity index (χ2v) is 9.91. The van der Waals surface area contributed by atoms with Crippen LogP contribution in [0, 0.1) is 0 Å². The monoisotopic (exact) mass is 553 g/mol. The van der Waals surface area contributed by atoms with Gasteiger partial charge in [0.05, 0.1) is 17.4 Å². The Morgan fingerprint density at radius 3 is 2.62 bits per heavy atom. The molecule has 0 radical (unpaired) electrons. The van der Waals surface area contributed by atoms with E-state index in [2.05, 4.69) is 9.69 Å². The van der Waals surface area contributed by atoms with Gasteiger partial charge in [0.2, 0.25) is 5.91 Å². The molecule has 0 bridgehead atoms. The maximum absolute atomic E-state index is 13.8. The third-order valence-corrected chi connectivity index (χ3v) is 7.45. The lowest BCUT2D eigenvalue weighted by atomic mass is 10.1. The van der Waals surface area contributed by atoms with Gasteiger partial charge in [0.15, 0.2) is 11.7 Å². The fourth-order valence-electron chi connectivity index (χ4n) is 3.89. The maximum atomic E-state index is 13.8. The summed E-state index contributed by atoms with van der Waals surface area (Å²) in [5.41, 5.74) is 9.37. The number of carbonyl (C=O) groups is 3. The minimum atomic E-state index is -4.70. The van der Waals surface area contributed by atoms with Gasteiger partial charge < -0.3 is 21.5 Å². The molecule has 3 aromatic rings. The normalized spacial score (nSPS) is 16.4. The van der Waals surface area contributed by atoms with E-state index in [0.717, 1.165) is 47.3 Å². The number of rotatable bonds is 8. The van der Waals surface area contributed by atoms with Gasteiger partial charge in [-0.3, -0.25) is 19.3 Å². The number of hydrogen-bond acceptors (Lipinski definition) is 8. The third-order valence-electron chi connectivity index (χ3n) is 5.67. The van der Waals surface area contributed by atoms with Crippen molar-refractivity contribution in [1.82, 2.24) is 9.69 Å². The molecule has 0 spiro atoms. The third kappa shape index (κ3) is 5.76. The molecule has 3 heterocycles. The van der Waals surface area contributed by atoms with Crippen molar-refractivity contribution in [3.63, 3.8) is 0 Å². The summed E-state index contributed by atoms with van der Waals surface area (Å²) < 4.78 is 50.1. The molecule has 1 saturated heterocycles. The Bertz CT molecular complexity index is 1290. The number of hydrogen-bond donors (Lipinski definition) is 3. The highest BCUT2D eigenvalue weighted by Crippen LogP contribution is 2.37. The van der Waals surface area contributed by atoms with Crippen molar-refractivity contribution in [3.8, 4) is 0 Å². The number of benzene rings is 1. The van der Waals surface area contributed by atoms with Crippen LogP contribution < -0.4 is 21.7 Å². The van der Waals surface area contributed by atoms with E-state index in [1.54, 1.807) is 17.5 Å².